The highest BCUT2D eigenvalue weighted by Gasteiger charge is 2.02. The summed E-state index contributed by atoms with van der Waals surface area (Å²) in [5.74, 6) is 0.0257. The van der Waals surface area contributed by atoms with E-state index < -0.39 is 0 Å². The number of anilines is 1. The molecular formula is C12H14ClN3O. The van der Waals surface area contributed by atoms with Crippen LogP contribution in [0.4, 0.5) is 5.69 Å². The van der Waals surface area contributed by atoms with Crippen LogP contribution < -0.4 is 10.6 Å². The van der Waals surface area contributed by atoms with E-state index in [4.69, 9.17) is 16.9 Å². The van der Waals surface area contributed by atoms with Crippen LogP contribution in [0.5, 0.6) is 0 Å². The van der Waals surface area contributed by atoms with Gasteiger partial charge in [-0.05, 0) is 24.6 Å². The monoisotopic (exact) mass is 251 g/mol. The van der Waals surface area contributed by atoms with Crippen molar-refractivity contribution in [1.29, 1.82) is 5.26 Å². The Labute approximate surface area is 106 Å². The zero-order chi connectivity index (χ0) is 12.7. The summed E-state index contributed by atoms with van der Waals surface area (Å²) in [6.45, 7) is 0.666. The van der Waals surface area contributed by atoms with E-state index >= 15 is 0 Å². The molecule has 0 bridgehead atoms. The summed E-state index contributed by atoms with van der Waals surface area (Å²) >= 11 is 5.98. The first-order chi connectivity index (χ1) is 8.17. The third kappa shape index (κ3) is 4.33. The summed E-state index contributed by atoms with van der Waals surface area (Å²) in [5.41, 5.74) is 1.31. The molecule has 0 heterocycles. The van der Waals surface area contributed by atoms with Gasteiger partial charge in [0.05, 0.1) is 22.3 Å². The van der Waals surface area contributed by atoms with Crippen LogP contribution in [0.1, 0.15) is 18.4 Å². The Bertz CT molecular complexity index is 440. The number of benzene rings is 1. The second kappa shape index (κ2) is 6.77. The van der Waals surface area contributed by atoms with E-state index in [1.54, 1.807) is 25.2 Å². The summed E-state index contributed by atoms with van der Waals surface area (Å²) in [6, 6.07) is 7.10. The number of hydrogen-bond acceptors (Lipinski definition) is 3. The van der Waals surface area contributed by atoms with Gasteiger partial charge in [-0.25, -0.2) is 0 Å². The van der Waals surface area contributed by atoms with Crippen LogP contribution >= 0.6 is 11.6 Å². The van der Waals surface area contributed by atoms with E-state index in [0.29, 0.717) is 23.6 Å². The van der Waals surface area contributed by atoms with Gasteiger partial charge in [0.1, 0.15) is 0 Å². The highest BCUT2D eigenvalue weighted by atomic mass is 35.5. The first kappa shape index (κ1) is 13.3. The standard InChI is InChI=1S/C12H14ClN3O/c1-15-12(17)3-2-6-16-11-5-4-9(8-14)7-10(11)13/h4-5,7,16H,2-3,6H2,1H3,(H,15,17). The van der Waals surface area contributed by atoms with Crippen molar-refractivity contribution in [3.05, 3.63) is 28.8 Å². The van der Waals surface area contributed by atoms with Crippen molar-refractivity contribution in [2.75, 3.05) is 18.9 Å². The molecule has 1 rings (SSSR count). The molecule has 0 aliphatic rings. The van der Waals surface area contributed by atoms with E-state index in [9.17, 15) is 4.79 Å². The number of nitrogens with zero attached hydrogens (tertiary/aromatic N) is 1. The summed E-state index contributed by atoms with van der Waals surface area (Å²) in [6.07, 6.45) is 1.22. The molecular weight excluding hydrogens is 238 g/mol. The number of nitriles is 1. The van der Waals surface area contributed by atoms with Crippen LogP contribution in [0.3, 0.4) is 0 Å². The van der Waals surface area contributed by atoms with Crippen molar-refractivity contribution in [3.63, 3.8) is 0 Å². The van der Waals surface area contributed by atoms with Gasteiger partial charge in [0, 0.05) is 20.0 Å². The van der Waals surface area contributed by atoms with Crippen molar-refractivity contribution < 1.29 is 4.79 Å². The lowest BCUT2D eigenvalue weighted by molar-refractivity contribution is -0.120. The average molecular weight is 252 g/mol. The van der Waals surface area contributed by atoms with E-state index in [2.05, 4.69) is 10.6 Å². The number of nitrogens with one attached hydrogen (secondary N) is 2. The van der Waals surface area contributed by atoms with Gasteiger partial charge < -0.3 is 10.6 Å². The Morgan fingerprint density at radius 3 is 2.88 bits per heavy atom. The Kier molecular flexibility index (Phi) is 5.31. The fourth-order valence-corrected chi connectivity index (χ4v) is 1.57. The van der Waals surface area contributed by atoms with Gasteiger partial charge in [-0.15, -0.1) is 0 Å². The maximum absolute atomic E-state index is 11.0. The predicted octanol–water partition coefficient (Wildman–Crippen LogP) is 2.15. The topological polar surface area (TPSA) is 64.9 Å². The van der Waals surface area contributed by atoms with Crippen LogP contribution in [0.2, 0.25) is 5.02 Å². The fraction of sp³-hybridized carbons (Fsp3) is 0.333. The third-order valence-corrected chi connectivity index (χ3v) is 2.59. The smallest absolute Gasteiger partial charge is 0.219 e. The zero-order valence-electron chi connectivity index (χ0n) is 9.59. The molecule has 0 aliphatic heterocycles. The second-order valence-electron chi connectivity index (χ2n) is 3.51. The maximum atomic E-state index is 11.0. The Morgan fingerprint density at radius 2 is 2.29 bits per heavy atom. The summed E-state index contributed by atoms with van der Waals surface area (Å²) in [7, 11) is 1.62. The fourth-order valence-electron chi connectivity index (χ4n) is 1.33. The van der Waals surface area contributed by atoms with Crippen LogP contribution in [-0.4, -0.2) is 19.5 Å². The molecule has 0 fully saturated rings. The lowest BCUT2D eigenvalue weighted by Gasteiger charge is -2.08. The lowest BCUT2D eigenvalue weighted by Crippen LogP contribution is -2.18. The zero-order valence-corrected chi connectivity index (χ0v) is 10.3. The SMILES string of the molecule is CNC(=O)CCCNc1ccc(C#N)cc1Cl. The molecule has 0 aromatic heterocycles. The molecule has 0 saturated carbocycles. The molecule has 17 heavy (non-hydrogen) atoms. The largest absolute Gasteiger partial charge is 0.384 e. The molecule has 0 unspecified atom stereocenters. The number of hydrogen-bond donors (Lipinski definition) is 2. The van der Waals surface area contributed by atoms with E-state index in [1.807, 2.05) is 6.07 Å². The van der Waals surface area contributed by atoms with E-state index in [1.165, 1.54) is 0 Å². The van der Waals surface area contributed by atoms with Gasteiger partial charge in [-0.1, -0.05) is 11.6 Å². The number of rotatable bonds is 5. The Hall–Kier alpha value is -1.73. The molecule has 4 nitrogen and oxygen atoms in total. The van der Waals surface area contributed by atoms with Crippen molar-refractivity contribution in [3.8, 4) is 6.07 Å². The van der Waals surface area contributed by atoms with E-state index in [0.717, 1.165) is 12.1 Å². The molecule has 2 N–H and O–H groups in total. The van der Waals surface area contributed by atoms with Gasteiger partial charge in [-0.3, -0.25) is 4.79 Å². The highest BCUT2D eigenvalue weighted by molar-refractivity contribution is 6.33. The molecule has 0 atom stereocenters. The summed E-state index contributed by atoms with van der Waals surface area (Å²) in [5, 5.41) is 14.9. The van der Waals surface area contributed by atoms with Crippen LogP contribution in [0.25, 0.3) is 0 Å². The normalized spacial score (nSPS) is 9.47. The molecule has 0 saturated heterocycles. The van der Waals surface area contributed by atoms with Crippen molar-refractivity contribution in [2.24, 2.45) is 0 Å². The van der Waals surface area contributed by atoms with Gasteiger partial charge >= 0.3 is 0 Å². The minimum atomic E-state index is 0.0257. The summed E-state index contributed by atoms with van der Waals surface area (Å²) < 4.78 is 0. The minimum Gasteiger partial charge on any atom is -0.384 e. The third-order valence-electron chi connectivity index (χ3n) is 2.27. The van der Waals surface area contributed by atoms with Gasteiger partial charge in [-0.2, -0.15) is 5.26 Å². The Balaban J connectivity index is 2.42. The van der Waals surface area contributed by atoms with E-state index in [-0.39, 0.29) is 5.91 Å². The van der Waals surface area contributed by atoms with Gasteiger partial charge in [0.2, 0.25) is 5.91 Å². The second-order valence-corrected chi connectivity index (χ2v) is 3.92. The summed E-state index contributed by atoms with van der Waals surface area (Å²) in [4.78, 5) is 11.0. The number of amides is 1. The minimum absolute atomic E-state index is 0.0257. The van der Waals surface area contributed by atoms with Crippen molar-refractivity contribution in [2.45, 2.75) is 12.8 Å². The molecule has 90 valence electrons. The van der Waals surface area contributed by atoms with Gasteiger partial charge in [0.25, 0.3) is 0 Å². The lowest BCUT2D eigenvalue weighted by atomic mass is 10.2. The highest BCUT2D eigenvalue weighted by Crippen LogP contribution is 2.22. The van der Waals surface area contributed by atoms with Crippen LogP contribution in [0, 0.1) is 11.3 Å². The molecule has 5 heteroatoms. The molecule has 1 aromatic rings. The molecule has 0 aliphatic carbocycles. The number of carbonyl (C=O) groups is 1. The quantitative estimate of drug-likeness (QED) is 0.788. The van der Waals surface area contributed by atoms with Crippen LogP contribution in [-0.2, 0) is 4.79 Å². The average Bonchev–Trinajstić information content (AvgIpc) is 2.35. The van der Waals surface area contributed by atoms with Crippen molar-refractivity contribution >= 4 is 23.2 Å². The molecule has 1 amide bonds. The molecule has 1 aromatic carbocycles. The molecule has 0 radical (unpaired) electrons. The number of carbonyl (C=O) groups excluding carboxylic acids is 1. The maximum Gasteiger partial charge on any atom is 0.219 e. The Morgan fingerprint density at radius 1 is 1.53 bits per heavy atom. The first-order valence-corrected chi connectivity index (χ1v) is 5.69. The predicted molar refractivity (Wildman–Crippen MR) is 68.0 cm³/mol. The molecule has 0 spiro atoms. The van der Waals surface area contributed by atoms with Gasteiger partial charge in [0.15, 0.2) is 0 Å². The van der Waals surface area contributed by atoms with Crippen molar-refractivity contribution in [1.82, 2.24) is 5.32 Å². The number of halogens is 1. The first-order valence-electron chi connectivity index (χ1n) is 5.31. The van der Waals surface area contributed by atoms with Crippen LogP contribution in [0.15, 0.2) is 18.2 Å².